The molecule has 3 rings (SSSR count). The molecule has 0 N–H and O–H groups in total. The molecule has 0 atom stereocenters. The monoisotopic (exact) mass is 290 g/mol. The molecule has 2 aliphatic rings. The van der Waals surface area contributed by atoms with Gasteiger partial charge in [0.1, 0.15) is 0 Å². The lowest BCUT2D eigenvalue weighted by Crippen LogP contribution is -2.50. The minimum Gasteiger partial charge on any atom is -0.170 e. The number of hydrogen-bond donors (Lipinski definition) is 0. The molecule has 20 heavy (non-hydrogen) atoms. The highest BCUT2D eigenvalue weighted by molar-refractivity contribution is 6.08. The highest BCUT2D eigenvalue weighted by atomic mass is 19.4. The number of halogens is 6. The summed E-state index contributed by atoms with van der Waals surface area (Å²) >= 11 is 0. The van der Waals surface area contributed by atoms with Gasteiger partial charge in [-0.3, -0.25) is 0 Å². The van der Waals surface area contributed by atoms with Gasteiger partial charge in [-0.05, 0) is 22.3 Å². The van der Waals surface area contributed by atoms with Crippen LogP contribution in [-0.4, -0.2) is 12.4 Å². The molecule has 0 bridgehead atoms. The van der Waals surface area contributed by atoms with Gasteiger partial charge in [-0.15, -0.1) is 0 Å². The lowest BCUT2D eigenvalue weighted by Gasteiger charge is -2.41. The second kappa shape index (κ2) is 3.68. The van der Waals surface area contributed by atoms with Crippen molar-refractivity contribution in [1.29, 1.82) is 0 Å². The van der Waals surface area contributed by atoms with Crippen LogP contribution < -0.4 is 0 Å². The number of allylic oxidation sites excluding steroid dienone is 4. The smallest absolute Gasteiger partial charge is 0.170 e. The molecule has 0 nitrogen and oxygen atoms in total. The van der Waals surface area contributed by atoms with Crippen molar-refractivity contribution < 1.29 is 26.3 Å². The van der Waals surface area contributed by atoms with Gasteiger partial charge < -0.3 is 0 Å². The van der Waals surface area contributed by atoms with Gasteiger partial charge in [0.05, 0.1) is 0 Å². The third-order valence-corrected chi connectivity index (χ3v) is 3.87. The molecule has 0 fully saturated rings. The largest absolute Gasteiger partial charge is 0.406 e. The van der Waals surface area contributed by atoms with Crippen LogP contribution in [0.4, 0.5) is 26.3 Å². The summed E-state index contributed by atoms with van der Waals surface area (Å²) in [4.78, 5) is 0. The Labute approximate surface area is 110 Å². The van der Waals surface area contributed by atoms with E-state index in [1.54, 1.807) is 24.3 Å². The number of benzene rings is 1. The standard InChI is InChI=1S/C14H8F6/c15-13(16,17)12(14(18,19)20)6-5-10-8-3-1-2-4-9(8)11(10)7-12/h1-6H,7H2. The van der Waals surface area contributed by atoms with E-state index in [1.807, 2.05) is 0 Å². The van der Waals surface area contributed by atoms with E-state index in [0.29, 0.717) is 16.7 Å². The van der Waals surface area contributed by atoms with Gasteiger partial charge in [0, 0.05) is 6.42 Å². The molecule has 0 aliphatic heterocycles. The van der Waals surface area contributed by atoms with Crippen molar-refractivity contribution in [3.05, 3.63) is 47.5 Å². The van der Waals surface area contributed by atoms with E-state index in [4.69, 9.17) is 0 Å². The summed E-state index contributed by atoms with van der Waals surface area (Å²) < 4.78 is 78.0. The van der Waals surface area contributed by atoms with Crippen molar-refractivity contribution in [3.63, 3.8) is 0 Å². The van der Waals surface area contributed by atoms with Crippen molar-refractivity contribution in [2.75, 3.05) is 0 Å². The van der Waals surface area contributed by atoms with Gasteiger partial charge in [-0.1, -0.05) is 36.4 Å². The lowest BCUT2D eigenvalue weighted by molar-refractivity contribution is -0.319. The Kier molecular flexibility index (Phi) is 2.44. The Morgan fingerprint density at radius 3 is 1.95 bits per heavy atom. The number of rotatable bonds is 0. The van der Waals surface area contributed by atoms with Crippen molar-refractivity contribution in [2.45, 2.75) is 18.8 Å². The number of hydrogen-bond acceptors (Lipinski definition) is 0. The lowest BCUT2D eigenvalue weighted by atomic mass is 9.66. The second-order valence-electron chi connectivity index (χ2n) is 4.91. The van der Waals surface area contributed by atoms with Crippen LogP contribution >= 0.6 is 0 Å². The van der Waals surface area contributed by atoms with Crippen molar-refractivity contribution in [1.82, 2.24) is 0 Å². The fraction of sp³-hybridized carbons (Fsp3) is 0.286. The topological polar surface area (TPSA) is 0 Å². The molecule has 106 valence electrons. The number of alkyl halides is 6. The summed E-state index contributed by atoms with van der Waals surface area (Å²) in [5.74, 6) is 0. The maximum absolute atomic E-state index is 13.0. The molecule has 0 saturated carbocycles. The third kappa shape index (κ3) is 1.50. The highest BCUT2D eigenvalue weighted by Crippen LogP contribution is 2.61. The fourth-order valence-electron chi connectivity index (χ4n) is 2.72. The molecule has 0 saturated heterocycles. The summed E-state index contributed by atoms with van der Waals surface area (Å²) in [5, 5.41) is 0. The first-order valence-electron chi connectivity index (χ1n) is 5.83. The summed E-state index contributed by atoms with van der Waals surface area (Å²) in [6.45, 7) is 0. The van der Waals surface area contributed by atoms with Gasteiger partial charge in [-0.25, -0.2) is 0 Å². The van der Waals surface area contributed by atoms with Gasteiger partial charge in [0.2, 0.25) is 0 Å². The number of fused-ring (bicyclic) bond motifs is 3. The molecule has 0 spiro atoms. The second-order valence-corrected chi connectivity index (χ2v) is 4.91. The van der Waals surface area contributed by atoms with Crippen LogP contribution in [0.5, 0.6) is 0 Å². The summed E-state index contributed by atoms with van der Waals surface area (Å²) in [5.41, 5.74) is -1.99. The molecule has 2 aliphatic carbocycles. The minimum absolute atomic E-state index is 0.137. The van der Waals surface area contributed by atoms with E-state index in [9.17, 15) is 26.3 Å². The zero-order valence-electron chi connectivity index (χ0n) is 9.94. The van der Waals surface area contributed by atoms with E-state index in [0.717, 1.165) is 6.08 Å². The maximum Gasteiger partial charge on any atom is 0.406 e. The highest BCUT2D eigenvalue weighted by Gasteiger charge is 2.70. The maximum atomic E-state index is 13.0. The van der Waals surface area contributed by atoms with Crippen molar-refractivity contribution >= 4 is 11.1 Å². The van der Waals surface area contributed by atoms with Crippen LogP contribution in [0.3, 0.4) is 0 Å². The summed E-state index contributed by atoms with van der Waals surface area (Å²) in [6.07, 6.45) is -10.6. The molecule has 6 heteroatoms. The SMILES string of the molecule is FC(F)(F)C1(C(F)(F)F)C=CC2=C(C1)c1ccccc12. The molecule has 0 radical (unpaired) electrons. The van der Waals surface area contributed by atoms with E-state index < -0.39 is 24.2 Å². The van der Waals surface area contributed by atoms with Crippen LogP contribution in [0, 0.1) is 5.41 Å². The van der Waals surface area contributed by atoms with Gasteiger partial charge >= 0.3 is 12.4 Å². The van der Waals surface area contributed by atoms with E-state index in [-0.39, 0.29) is 11.6 Å². The molecule has 0 unspecified atom stereocenters. The normalized spacial score (nSPS) is 20.3. The van der Waals surface area contributed by atoms with E-state index in [2.05, 4.69) is 0 Å². The van der Waals surface area contributed by atoms with Gasteiger partial charge in [-0.2, -0.15) is 26.3 Å². The van der Waals surface area contributed by atoms with Crippen molar-refractivity contribution in [3.8, 4) is 0 Å². The van der Waals surface area contributed by atoms with E-state index in [1.165, 1.54) is 0 Å². The average Bonchev–Trinajstić information content (AvgIpc) is 2.32. The van der Waals surface area contributed by atoms with Gasteiger partial charge in [0.15, 0.2) is 5.41 Å². The zero-order chi connectivity index (χ0) is 14.8. The Morgan fingerprint density at radius 2 is 1.40 bits per heavy atom. The van der Waals surface area contributed by atoms with Crippen LogP contribution in [0.15, 0.2) is 36.4 Å². The summed E-state index contributed by atoms with van der Waals surface area (Å²) in [7, 11) is 0. The Bertz CT molecular complexity index is 616. The quantitative estimate of drug-likeness (QED) is 0.591. The predicted molar refractivity (Wildman–Crippen MR) is 61.6 cm³/mol. The van der Waals surface area contributed by atoms with Crippen molar-refractivity contribution in [2.24, 2.45) is 5.41 Å². The minimum atomic E-state index is -5.37. The molecule has 1 aromatic rings. The fourth-order valence-corrected chi connectivity index (χ4v) is 2.72. The Balaban J connectivity index is 2.08. The average molecular weight is 290 g/mol. The third-order valence-electron chi connectivity index (χ3n) is 3.87. The van der Waals surface area contributed by atoms with Crippen LogP contribution in [0.2, 0.25) is 0 Å². The molecule has 1 aromatic carbocycles. The molecule has 0 heterocycles. The molecular weight excluding hydrogens is 282 g/mol. The first kappa shape index (κ1) is 13.3. The molecular formula is C14H8F6. The molecule has 0 aromatic heterocycles. The van der Waals surface area contributed by atoms with Crippen LogP contribution in [0.25, 0.3) is 11.1 Å². The predicted octanol–water partition coefficient (Wildman–Crippen LogP) is 4.98. The zero-order valence-corrected chi connectivity index (χ0v) is 9.94. The van der Waals surface area contributed by atoms with Gasteiger partial charge in [0.25, 0.3) is 0 Å². The Hall–Kier alpha value is -1.72. The van der Waals surface area contributed by atoms with Crippen LogP contribution in [0.1, 0.15) is 17.5 Å². The first-order valence-corrected chi connectivity index (χ1v) is 5.83. The summed E-state index contributed by atoms with van der Waals surface area (Å²) in [6, 6.07) is 6.53. The first-order chi connectivity index (χ1) is 9.17. The van der Waals surface area contributed by atoms with Crippen LogP contribution in [-0.2, 0) is 0 Å². The molecule has 0 amide bonds. The van der Waals surface area contributed by atoms with E-state index >= 15 is 0 Å². The Morgan fingerprint density at radius 1 is 0.850 bits per heavy atom.